The van der Waals surface area contributed by atoms with Gasteiger partial charge in [0.15, 0.2) is 0 Å². The summed E-state index contributed by atoms with van der Waals surface area (Å²) in [7, 11) is 0. The molecule has 0 amide bonds. The molecule has 0 bridgehead atoms. The van der Waals surface area contributed by atoms with Crippen LogP contribution in [0.2, 0.25) is 0 Å². The second kappa shape index (κ2) is 5.85. The van der Waals surface area contributed by atoms with Crippen LogP contribution < -0.4 is 0 Å². The highest BCUT2D eigenvalue weighted by Crippen LogP contribution is 2.25. The Morgan fingerprint density at radius 1 is 1.44 bits per heavy atom. The van der Waals surface area contributed by atoms with Crippen LogP contribution in [0.4, 0.5) is 5.69 Å². The molecule has 88 valence electrons. The average Bonchev–Trinajstić information content (AvgIpc) is 2.25. The van der Waals surface area contributed by atoms with E-state index in [9.17, 15) is 10.1 Å². The van der Waals surface area contributed by atoms with Gasteiger partial charge >= 0.3 is 0 Å². The number of nitro groups is 1. The quantitative estimate of drug-likeness (QED) is 0.447. The molecule has 0 aliphatic rings. The van der Waals surface area contributed by atoms with Crippen molar-refractivity contribution in [1.82, 2.24) is 0 Å². The van der Waals surface area contributed by atoms with E-state index in [4.69, 9.17) is 11.6 Å². The van der Waals surface area contributed by atoms with Crippen LogP contribution in [-0.4, -0.2) is 10.3 Å². The molecule has 1 aromatic rings. The molecule has 0 heterocycles. The lowest BCUT2D eigenvalue weighted by molar-refractivity contribution is -0.385. The van der Waals surface area contributed by atoms with Crippen LogP contribution >= 0.6 is 11.6 Å². The summed E-state index contributed by atoms with van der Waals surface area (Å²) in [4.78, 5) is 10.5. The molecule has 0 aliphatic carbocycles. The van der Waals surface area contributed by atoms with Crippen LogP contribution in [0.1, 0.15) is 25.8 Å². The molecular formula is C12H16ClNO2. The van der Waals surface area contributed by atoms with E-state index in [2.05, 4.69) is 6.92 Å². The van der Waals surface area contributed by atoms with Gasteiger partial charge in [0.25, 0.3) is 5.69 Å². The van der Waals surface area contributed by atoms with Gasteiger partial charge in [0.05, 0.1) is 4.92 Å². The summed E-state index contributed by atoms with van der Waals surface area (Å²) in [5.74, 6) is 0.280. The van der Waals surface area contributed by atoms with E-state index in [1.165, 1.54) is 0 Å². The molecule has 1 rings (SSSR count). The second-order valence-electron chi connectivity index (χ2n) is 3.94. The molecule has 2 atom stereocenters. The fraction of sp³-hybridized carbons (Fsp3) is 0.500. The minimum Gasteiger partial charge on any atom is -0.258 e. The van der Waals surface area contributed by atoms with Crippen LogP contribution in [-0.2, 0) is 6.42 Å². The molecule has 0 fully saturated rings. The largest absolute Gasteiger partial charge is 0.272 e. The second-order valence-corrected chi connectivity index (χ2v) is 4.62. The Labute approximate surface area is 101 Å². The number of nitrogens with zero attached hydrogens (tertiary/aromatic N) is 1. The number of para-hydroxylation sites is 1. The van der Waals surface area contributed by atoms with Gasteiger partial charge in [0, 0.05) is 17.0 Å². The zero-order chi connectivity index (χ0) is 12.1. The number of rotatable bonds is 5. The summed E-state index contributed by atoms with van der Waals surface area (Å²) in [6, 6.07) is 6.86. The molecule has 0 spiro atoms. The molecule has 0 saturated heterocycles. The Morgan fingerprint density at radius 3 is 2.56 bits per heavy atom. The predicted octanol–water partition coefficient (Wildman–Crippen LogP) is 3.79. The molecule has 0 aliphatic heterocycles. The van der Waals surface area contributed by atoms with E-state index in [-0.39, 0.29) is 21.9 Å². The molecule has 0 radical (unpaired) electrons. The van der Waals surface area contributed by atoms with E-state index >= 15 is 0 Å². The summed E-state index contributed by atoms with van der Waals surface area (Å²) in [6.45, 7) is 3.99. The number of hydrogen-bond donors (Lipinski definition) is 0. The number of alkyl halides is 1. The normalized spacial score (nSPS) is 14.4. The summed E-state index contributed by atoms with van der Waals surface area (Å²) < 4.78 is 0. The van der Waals surface area contributed by atoms with Crippen molar-refractivity contribution in [2.75, 3.05) is 0 Å². The van der Waals surface area contributed by atoms with Gasteiger partial charge in [-0.1, -0.05) is 31.5 Å². The van der Waals surface area contributed by atoms with Crippen molar-refractivity contribution >= 4 is 17.3 Å². The van der Waals surface area contributed by atoms with Crippen molar-refractivity contribution in [3.05, 3.63) is 39.9 Å². The van der Waals surface area contributed by atoms with Crippen LogP contribution in [0.5, 0.6) is 0 Å². The number of hydrogen-bond acceptors (Lipinski definition) is 2. The Bertz CT molecular complexity index is 366. The predicted molar refractivity (Wildman–Crippen MR) is 65.9 cm³/mol. The number of benzene rings is 1. The van der Waals surface area contributed by atoms with Gasteiger partial charge in [-0.15, -0.1) is 11.6 Å². The lowest BCUT2D eigenvalue weighted by atomic mass is 9.93. The zero-order valence-electron chi connectivity index (χ0n) is 9.52. The first-order chi connectivity index (χ1) is 7.56. The fourth-order valence-electron chi connectivity index (χ4n) is 1.78. The van der Waals surface area contributed by atoms with E-state index < -0.39 is 0 Å². The third-order valence-corrected chi connectivity index (χ3v) is 3.20. The lowest BCUT2D eigenvalue weighted by Gasteiger charge is -2.17. The van der Waals surface area contributed by atoms with Gasteiger partial charge in [-0.05, 0) is 19.3 Å². The molecule has 0 aromatic heterocycles. The van der Waals surface area contributed by atoms with Crippen molar-refractivity contribution in [2.24, 2.45) is 5.92 Å². The number of nitro benzene ring substituents is 1. The third-order valence-electron chi connectivity index (χ3n) is 2.84. The Kier molecular flexibility index (Phi) is 4.74. The molecule has 4 heteroatoms. The van der Waals surface area contributed by atoms with E-state index in [1.807, 2.05) is 13.0 Å². The average molecular weight is 242 g/mol. The molecule has 16 heavy (non-hydrogen) atoms. The smallest absolute Gasteiger partial charge is 0.258 e. The number of halogens is 1. The minimum atomic E-state index is -0.332. The standard InChI is InChI=1S/C12H16ClNO2/c1-3-10(9(2)13)8-11-6-4-5-7-12(11)14(15)16/h4-7,9-10H,3,8H2,1-2H3. The summed E-state index contributed by atoms with van der Waals surface area (Å²) >= 11 is 6.06. The molecule has 1 aromatic carbocycles. The summed E-state index contributed by atoms with van der Waals surface area (Å²) in [6.07, 6.45) is 1.59. The van der Waals surface area contributed by atoms with Crippen LogP contribution in [0, 0.1) is 16.0 Å². The summed E-state index contributed by atoms with van der Waals surface area (Å²) in [5, 5.41) is 10.9. The van der Waals surface area contributed by atoms with Gasteiger partial charge in [0.2, 0.25) is 0 Å². The lowest BCUT2D eigenvalue weighted by Crippen LogP contribution is -2.14. The SMILES string of the molecule is CCC(Cc1ccccc1[N+](=O)[O-])C(C)Cl. The van der Waals surface area contributed by atoms with Crippen molar-refractivity contribution < 1.29 is 4.92 Å². The van der Waals surface area contributed by atoms with Crippen molar-refractivity contribution in [3.63, 3.8) is 0 Å². The first-order valence-corrected chi connectivity index (χ1v) is 5.86. The first kappa shape index (κ1) is 13.0. The van der Waals surface area contributed by atoms with Gasteiger partial charge in [-0.2, -0.15) is 0 Å². The van der Waals surface area contributed by atoms with Crippen LogP contribution in [0.3, 0.4) is 0 Å². The Balaban J connectivity index is 2.91. The van der Waals surface area contributed by atoms with Crippen molar-refractivity contribution in [1.29, 1.82) is 0 Å². The van der Waals surface area contributed by atoms with Gasteiger partial charge in [-0.3, -0.25) is 10.1 Å². The van der Waals surface area contributed by atoms with Gasteiger partial charge in [0.1, 0.15) is 0 Å². The van der Waals surface area contributed by atoms with Gasteiger partial charge < -0.3 is 0 Å². The molecule has 3 nitrogen and oxygen atoms in total. The van der Waals surface area contributed by atoms with Crippen molar-refractivity contribution in [3.8, 4) is 0 Å². The highest BCUT2D eigenvalue weighted by atomic mass is 35.5. The topological polar surface area (TPSA) is 43.1 Å². The molecule has 0 N–H and O–H groups in total. The van der Waals surface area contributed by atoms with E-state index in [0.29, 0.717) is 6.42 Å². The van der Waals surface area contributed by atoms with E-state index in [1.54, 1.807) is 18.2 Å². The van der Waals surface area contributed by atoms with E-state index in [0.717, 1.165) is 12.0 Å². The highest BCUT2D eigenvalue weighted by molar-refractivity contribution is 6.20. The van der Waals surface area contributed by atoms with Crippen LogP contribution in [0.15, 0.2) is 24.3 Å². The first-order valence-electron chi connectivity index (χ1n) is 5.42. The fourth-order valence-corrected chi connectivity index (χ4v) is 2.04. The van der Waals surface area contributed by atoms with Crippen molar-refractivity contribution in [2.45, 2.75) is 32.1 Å². The zero-order valence-corrected chi connectivity index (χ0v) is 10.3. The Hall–Kier alpha value is -1.09. The molecular weight excluding hydrogens is 226 g/mol. The van der Waals surface area contributed by atoms with Crippen LogP contribution in [0.25, 0.3) is 0 Å². The summed E-state index contributed by atoms with van der Waals surface area (Å²) in [5.41, 5.74) is 0.963. The maximum Gasteiger partial charge on any atom is 0.272 e. The Morgan fingerprint density at radius 2 is 2.06 bits per heavy atom. The highest BCUT2D eigenvalue weighted by Gasteiger charge is 2.19. The maximum atomic E-state index is 10.8. The van der Waals surface area contributed by atoms with Gasteiger partial charge in [-0.25, -0.2) is 0 Å². The third kappa shape index (κ3) is 3.20. The maximum absolute atomic E-state index is 10.8. The molecule has 0 saturated carbocycles. The minimum absolute atomic E-state index is 0.0322. The monoisotopic (exact) mass is 241 g/mol. The molecule has 2 unspecified atom stereocenters.